The van der Waals surface area contributed by atoms with E-state index in [2.05, 4.69) is 9.97 Å². The molecular formula is C9H13N3O2. The fourth-order valence-electron chi connectivity index (χ4n) is 1.32. The number of hydrogen-bond acceptors (Lipinski definition) is 5. The number of ether oxygens (including phenoxy) is 2. The minimum absolute atomic E-state index is 0.121. The van der Waals surface area contributed by atoms with Crippen molar-refractivity contribution < 1.29 is 9.47 Å². The lowest BCUT2D eigenvalue weighted by atomic mass is 10.3. The first kappa shape index (κ1) is 9.36. The first-order valence-electron chi connectivity index (χ1n) is 4.65. The summed E-state index contributed by atoms with van der Waals surface area (Å²) >= 11 is 0. The van der Waals surface area contributed by atoms with Crippen molar-refractivity contribution in [2.24, 2.45) is 5.73 Å². The summed E-state index contributed by atoms with van der Waals surface area (Å²) in [5.41, 5.74) is 5.42. The maximum absolute atomic E-state index is 5.59. The van der Waals surface area contributed by atoms with Crippen molar-refractivity contribution in [3.8, 4) is 5.88 Å². The Hall–Kier alpha value is -1.20. The van der Waals surface area contributed by atoms with Crippen molar-refractivity contribution in [1.82, 2.24) is 9.97 Å². The van der Waals surface area contributed by atoms with Gasteiger partial charge in [-0.25, -0.2) is 4.98 Å². The lowest BCUT2D eigenvalue weighted by Gasteiger charge is -2.10. The van der Waals surface area contributed by atoms with Crippen LogP contribution in [0.3, 0.4) is 0 Å². The zero-order valence-electron chi connectivity index (χ0n) is 7.85. The predicted octanol–water partition coefficient (Wildman–Crippen LogP) is 0.103. The van der Waals surface area contributed by atoms with Gasteiger partial charge in [-0.05, 0) is 0 Å². The highest BCUT2D eigenvalue weighted by Crippen LogP contribution is 2.13. The van der Waals surface area contributed by atoms with E-state index in [1.54, 1.807) is 12.3 Å². The second kappa shape index (κ2) is 4.34. The standard InChI is InChI=1S/C9H13N3O2/c10-5-8-11-3-1-9(12-8)14-7-2-4-13-6-7/h1,3,7H,2,4-6,10H2. The van der Waals surface area contributed by atoms with E-state index < -0.39 is 0 Å². The zero-order chi connectivity index (χ0) is 9.80. The van der Waals surface area contributed by atoms with E-state index in [4.69, 9.17) is 15.2 Å². The molecule has 0 aliphatic carbocycles. The van der Waals surface area contributed by atoms with Crippen LogP contribution in [0.2, 0.25) is 0 Å². The Morgan fingerprint density at radius 1 is 1.64 bits per heavy atom. The van der Waals surface area contributed by atoms with Gasteiger partial charge in [-0.3, -0.25) is 0 Å². The molecule has 0 bridgehead atoms. The van der Waals surface area contributed by atoms with E-state index in [0.29, 0.717) is 24.9 Å². The Labute approximate surface area is 82.3 Å². The van der Waals surface area contributed by atoms with Crippen molar-refractivity contribution in [3.63, 3.8) is 0 Å². The van der Waals surface area contributed by atoms with Crippen LogP contribution in [0.15, 0.2) is 12.3 Å². The molecule has 76 valence electrons. The monoisotopic (exact) mass is 195 g/mol. The third-order valence-electron chi connectivity index (χ3n) is 2.04. The van der Waals surface area contributed by atoms with Crippen LogP contribution in [-0.2, 0) is 11.3 Å². The highest BCUT2D eigenvalue weighted by molar-refractivity contribution is 5.09. The SMILES string of the molecule is NCc1nccc(OC2CCOC2)n1. The highest BCUT2D eigenvalue weighted by atomic mass is 16.5. The van der Waals surface area contributed by atoms with Gasteiger partial charge in [0.1, 0.15) is 11.9 Å². The largest absolute Gasteiger partial charge is 0.472 e. The lowest BCUT2D eigenvalue weighted by molar-refractivity contribution is 0.137. The van der Waals surface area contributed by atoms with Crippen molar-refractivity contribution in [1.29, 1.82) is 0 Å². The van der Waals surface area contributed by atoms with E-state index in [-0.39, 0.29) is 6.10 Å². The molecule has 0 aromatic carbocycles. The molecule has 1 aromatic rings. The van der Waals surface area contributed by atoms with Crippen LogP contribution < -0.4 is 10.5 Å². The minimum atomic E-state index is 0.121. The molecule has 1 fully saturated rings. The van der Waals surface area contributed by atoms with Gasteiger partial charge in [0.25, 0.3) is 0 Å². The van der Waals surface area contributed by atoms with E-state index in [0.717, 1.165) is 13.0 Å². The van der Waals surface area contributed by atoms with Crippen LogP contribution in [0, 0.1) is 0 Å². The first-order valence-corrected chi connectivity index (χ1v) is 4.65. The maximum Gasteiger partial charge on any atom is 0.216 e. The molecule has 5 nitrogen and oxygen atoms in total. The van der Waals surface area contributed by atoms with Gasteiger partial charge in [-0.1, -0.05) is 0 Å². The summed E-state index contributed by atoms with van der Waals surface area (Å²) < 4.78 is 10.8. The van der Waals surface area contributed by atoms with Gasteiger partial charge in [0, 0.05) is 18.7 Å². The number of aromatic nitrogens is 2. The summed E-state index contributed by atoms with van der Waals surface area (Å²) in [6, 6.07) is 1.73. The molecule has 5 heteroatoms. The molecule has 1 aliphatic heterocycles. The summed E-state index contributed by atoms with van der Waals surface area (Å²) in [5.74, 6) is 1.18. The average molecular weight is 195 g/mol. The van der Waals surface area contributed by atoms with Gasteiger partial charge in [0.15, 0.2) is 0 Å². The predicted molar refractivity (Wildman–Crippen MR) is 49.8 cm³/mol. The quantitative estimate of drug-likeness (QED) is 0.740. The average Bonchev–Trinajstić information content (AvgIpc) is 2.71. The molecule has 1 atom stereocenters. The Morgan fingerprint density at radius 2 is 2.57 bits per heavy atom. The summed E-state index contributed by atoms with van der Waals surface area (Å²) in [7, 11) is 0. The van der Waals surface area contributed by atoms with Crippen LogP contribution in [0.1, 0.15) is 12.2 Å². The summed E-state index contributed by atoms with van der Waals surface area (Å²) in [6.45, 7) is 1.74. The van der Waals surface area contributed by atoms with Gasteiger partial charge in [0.2, 0.25) is 5.88 Å². The highest BCUT2D eigenvalue weighted by Gasteiger charge is 2.17. The van der Waals surface area contributed by atoms with E-state index in [1.165, 1.54) is 0 Å². The summed E-state index contributed by atoms with van der Waals surface area (Å²) in [5, 5.41) is 0. The molecule has 1 aromatic heterocycles. The van der Waals surface area contributed by atoms with Crippen molar-refractivity contribution in [2.45, 2.75) is 19.1 Å². The number of nitrogens with zero attached hydrogens (tertiary/aromatic N) is 2. The zero-order valence-corrected chi connectivity index (χ0v) is 7.85. The first-order chi connectivity index (χ1) is 6.88. The number of rotatable bonds is 3. The van der Waals surface area contributed by atoms with Crippen LogP contribution in [-0.4, -0.2) is 29.3 Å². The van der Waals surface area contributed by atoms with E-state index in [9.17, 15) is 0 Å². The topological polar surface area (TPSA) is 70.3 Å². The molecule has 0 saturated carbocycles. The number of nitrogens with two attached hydrogens (primary N) is 1. The Balaban J connectivity index is 2.00. The summed E-state index contributed by atoms with van der Waals surface area (Å²) in [4.78, 5) is 8.13. The van der Waals surface area contributed by atoms with Crippen molar-refractivity contribution in [3.05, 3.63) is 18.1 Å². The molecule has 1 unspecified atom stereocenters. The van der Waals surface area contributed by atoms with Crippen molar-refractivity contribution in [2.75, 3.05) is 13.2 Å². The normalized spacial score (nSPS) is 21.1. The maximum atomic E-state index is 5.59. The lowest BCUT2D eigenvalue weighted by Crippen LogP contribution is -2.17. The molecule has 0 radical (unpaired) electrons. The Kier molecular flexibility index (Phi) is 2.90. The molecule has 0 spiro atoms. The number of hydrogen-bond donors (Lipinski definition) is 1. The third-order valence-corrected chi connectivity index (χ3v) is 2.04. The van der Waals surface area contributed by atoms with Gasteiger partial charge in [-0.2, -0.15) is 4.98 Å². The molecule has 2 N–H and O–H groups in total. The molecule has 14 heavy (non-hydrogen) atoms. The molecular weight excluding hydrogens is 182 g/mol. The van der Waals surface area contributed by atoms with E-state index in [1.807, 2.05) is 0 Å². The van der Waals surface area contributed by atoms with Gasteiger partial charge >= 0.3 is 0 Å². The van der Waals surface area contributed by atoms with Crippen LogP contribution in [0.25, 0.3) is 0 Å². The van der Waals surface area contributed by atoms with Gasteiger partial charge < -0.3 is 15.2 Å². The fraction of sp³-hybridized carbons (Fsp3) is 0.556. The molecule has 1 aliphatic rings. The van der Waals surface area contributed by atoms with Crippen LogP contribution >= 0.6 is 0 Å². The molecule has 0 amide bonds. The second-order valence-corrected chi connectivity index (χ2v) is 3.12. The van der Waals surface area contributed by atoms with Gasteiger partial charge in [-0.15, -0.1) is 0 Å². The fourth-order valence-corrected chi connectivity index (χ4v) is 1.32. The second-order valence-electron chi connectivity index (χ2n) is 3.12. The molecule has 2 rings (SSSR count). The summed E-state index contributed by atoms with van der Waals surface area (Å²) in [6.07, 6.45) is 2.69. The third kappa shape index (κ3) is 2.18. The van der Waals surface area contributed by atoms with Crippen molar-refractivity contribution >= 4 is 0 Å². The van der Waals surface area contributed by atoms with E-state index >= 15 is 0 Å². The minimum Gasteiger partial charge on any atom is -0.472 e. The smallest absolute Gasteiger partial charge is 0.216 e. The Morgan fingerprint density at radius 3 is 3.29 bits per heavy atom. The van der Waals surface area contributed by atoms with Gasteiger partial charge in [0.05, 0.1) is 19.8 Å². The van der Waals surface area contributed by atoms with Crippen LogP contribution in [0.4, 0.5) is 0 Å². The Bertz CT molecular complexity index is 300. The van der Waals surface area contributed by atoms with Crippen LogP contribution in [0.5, 0.6) is 5.88 Å². The molecule has 1 saturated heterocycles. The molecule has 2 heterocycles.